The summed E-state index contributed by atoms with van der Waals surface area (Å²) in [5.41, 5.74) is 2.30. The second-order valence-corrected chi connectivity index (χ2v) is 6.31. The highest BCUT2D eigenvalue weighted by atomic mass is 16.4. The van der Waals surface area contributed by atoms with Crippen LogP contribution in [0.25, 0.3) is 11.0 Å². The summed E-state index contributed by atoms with van der Waals surface area (Å²) in [5.74, 6) is 0.214. The van der Waals surface area contributed by atoms with E-state index in [2.05, 4.69) is 23.4 Å². The summed E-state index contributed by atoms with van der Waals surface area (Å²) in [4.78, 5) is 15.8. The molecule has 0 saturated heterocycles. The molecule has 0 unspecified atom stereocenters. The van der Waals surface area contributed by atoms with E-state index in [1.54, 1.807) is 13.8 Å². The Kier molecular flexibility index (Phi) is 3.59. The quantitative estimate of drug-likeness (QED) is 0.927. The van der Waals surface area contributed by atoms with Crippen LogP contribution in [0.3, 0.4) is 0 Å². The summed E-state index contributed by atoms with van der Waals surface area (Å²) in [6.07, 6.45) is 0.506. The molecule has 0 atom stereocenters. The van der Waals surface area contributed by atoms with Gasteiger partial charge in [-0.3, -0.25) is 4.79 Å². The molecule has 2 aromatic rings. The molecule has 1 heterocycles. The number of aryl methyl sites for hydroxylation is 1. The van der Waals surface area contributed by atoms with Crippen LogP contribution in [-0.2, 0) is 11.2 Å². The molecule has 0 amide bonds. The van der Waals surface area contributed by atoms with Gasteiger partial charge in [-0.15, -0.1) is 0 Å². The fourth-order valence-electron chi connectivity index (χ4n) is 2.61. The summed E-state index contributed by atoms with van der Waals surface area (Å²) in [5, 5.41) is 9.22. The molecule has 4 heteroatoms. The van der Waals surface area contributed by atoms with Crippen molar-refractivity contribution < 1.29 is 9.90 Å². The Morgan fingerprint density at radius 1 is 1.40 bits per heavy atom. The van der Waals surface area contributed by atoms with Crippen LogP contribution in [0.4, 0.5) is 0 Å². The van der Waals surface area contributed by atoms with Crippen LogP contribution >= 0.6 is 0 Å². The fourth-order valence-corrected chi connectivity index (χ4v) is 2.61. The van der Waals surface area contributed by atoms with E-state index < -0.39 is 11.4 Å². The molecule has 1 aromatic heterocycles. The largest absolute Gasteiger partial charge is 0.481 e. The molecular formula is C16H22N2O2. The molecule has 0 radical (unpaired) electrons. The van der Waals surface area contributed by atoms with Gasteiger partial charge in [-0.1, -0.05) is 6.07 Å². The number of nitrogens with zero attached hydrogens (tertiary/aromatic N) is 2. The van der Waals surface area contributed by atoms with E-state index in [-0.39, 0.29) is 0 Å². The average molecular weight is 274 g/mol. The zero-order valence-electron chi connectivity index (χ0n) is 12.8. The van der Waals surface area contributed by atoms with Gasteiger partial charge in [0.25, 0.3) is 0 Å². The summed E-state index contributed by atoms with van der Waals surface area (Å²) in [6, 6.07) is 6.42. The third-order valence-corrected chi connectivity index (χ3v) is 3.67. The van der Waals surface area contributed by atoms with Gasteiger partial charge in [0.15, 0.2) is 0 Å². The van der Waals surface area contributed by atoms with Crippen molar-refractivity contribution in [3.8, 4) is 0 Å². The minimum Gasteiger partial charge on any atom is -0.481 e. The van der Waals surface area contributed by atoms with Crippen LogP contribution in [0.5, 0.6) is 0 Å². The summed E-state index contributed by atoms with van der Waals surface area (Å²) >= 11 is 0. The number of aliphatic carboxylic acids is 1. The molecule has 108 valence electrons. The maximum Gasteiger partial charge on any atom is 0.309 e. The van der Waals surface area contributed by atoms with Gasteiger partial charge in [0, 0.05) is 6.04 Å². The summed E-state index contributed by atoms with van der Waals surface area (Å²) < 4.78 is 2.20. The minimum atomic E-state index is -0.776. The van der Waals surface area contributed by atoms with Crippen molar-refractivity contribution in [3.05, 3.63) is 29.6 Å². The second kappa shape index (κ2) is 4.93. The monoisotopic (exact) mass is 274 g/mol. The first-order chi connectivity index (χ1) is 9.22. The van der Waals surface area contributed by atoms with Crippen LogP contribution in [0, 0.1) is 12.3 Å². The Bertz CT molecular complexity index is 654. The number of imidazole rings is 1. The number of rotatable bonds is 4. The highest BCUT2D eigenvalue weighted by Crippen LogP contribution is 2.26. The first-order valence-electron chi connectivity index (χ1n) is 6.93. The Morgan fingerprint density at radius 3 is 2.60 bits per heavy atom. The smallest absolute Gasteiger partial charge is 0.309 e. The lowest BCUT2D eigenvalue weighted by Gasteiger charge is -2.19. The Labute approximate surface area is 119 Å². The SMILES string of the molecule is Cc1nc2cc(CC(C)(C)C(=O)O)ccc2n1C(C)C. The standard InChI is InChI=1S/C16H22N2O2/c1-10(2)18-11(3)17-13-8-12(6-7-14(13)18)9-16(4,5)15(19)20/h6-8,10H,9H2,1-5H3,(H,19,20). The van der Waals surface area contributed by atoms with E-state index in [0.717, 1.165) is 22.4 Å². The van der Waals surface area contributed by atoms with E-state index >= 15 is 0 Å². The Morgan fingerprint density at radius 2 is 2.05 bits per heavy atom. The van der Waals surface area contributed by atoms with E-state index in [4.69, 9.17) is 0 Å². The first-order valence-corrected chi connectivity index (χ1v) is 6.93. The topological polar surface area (TPSA) is 55.1 Å². The number of hydrogen-bond donors (Lipinski definition) is 1. The molecule has 0 spiro atoms. The number of fused-ring (bicyclic) bond motifs is 1. The van der Waals surface area contributed by atoms with Crippen molar-refractivity contribution in [3.63, 3.8) is 0 Å². The molecule has 0 fully saturated rings. The summed E-state index contributed by atoms with van der Waals surface area (Å²) in [6.45, 7) is 9.76. The number of carbonyl (C=O) groups is 1. The minimum absolute atomic E-state index is 0.362. The highest BCUT2D eigenvalue weighted by Gasteiger charge is 2.27. The van der Waals surface area contributed by atoms with Crippen molar-refractivity contribution in [2.45, 2.75) is 47.1 Å². The van der Waals surface area contributed by atoms with Gasteiger partial charge in [0.2, 0.25) is 0 Å². The first kappa shape index (κ1) is 14.6. The molecule has 1 aromatic carbocycles. The lowest BCUT2D eigenvalue weighted by molar-refractivity contribution is -0.146. The molecule has 1 N–H and O–H groups in total. The molecule has 2 rings (SSSR count). The molecule has 4 nitrogen and oxygen atoms in total. The van der Waals surface area contributed by atoms with Gasteiger partial charge < -0.3 is 9.67 Å². The molecular weight excluding hydrogens is 252 g/mol. The number of carboxylic acid groups (broad SMARTS) is 1. The van der Waals surface area contributed by atoms with Gasteiger partial charge >= 0.3 is 5.97 Å². The average Bonchev–Trinajstić information content (AvgIpc) is 2.63. The predicted molar refractivity (Wildman–Crippen MR) is 80.0 cm³/mol. The number of carboxylic acids is 1. The fraction of sp³-hybridized carbons (Fsp3) is 0.500. The van der Waals surface area contributed by atoms with Crippen molar-refractivity contribution in [2.24, 2.45) is 5.41 Å². The lowest BCUT2D eigenvalue weighted by Crippen LogP contribution is -2.26. The van der Waals surface area contributed by atoms with E-state index in [1.165, 1.54) is 0 Å². The third kappa shape index (κ3) is 2.55. The number of aromatic nitrogens is 2. The second-order valence-electron chi connectivity index (χ2n) is 6.31. The lowest BCUT2D eigenvalue weighted by atomic mass is 9.86. The maximum absolute atomic E-state index is 11.2. The predicted octanol–water partition coefficient (Wildman–Crippen LogP) is 3.58. The summed E-state index contributed by atoms with van der Waals surface area (Å²) in [7, 11) is 0. The molecule has 0 bridgehead atoms. The zero-order chi connectivity index (χ0) is 15.1. The number of benzene rings is 1. The highest BCUT2D eigenvalue weighted by molar-refractivity contribution is 5.78. The van der Waals surface area contributed by atoms with Crippen LogP contribution < -0.4 is 0 Å². The maximum atomic E-state index is 11.2. The van der Waals surface area contributed by atoms with E-state index in [1.807, 2.05) is 25.1 Å². The van der Waals surface area contributed by atoms with Gasteiger partial charge in [0.1, 0.15) is 5.82 Å². The van der Waals surface area contributed by atoms with Crippen LogP contribution in [0.1, 0.15) is 45.1 Å². The van der Waals surface area contributed by atoms with E-state index in [0.29, 0.717) is 12.5 Å². The Hall–Kier alpha value is -1.84. The van der Waals surface area contributed by atoms with Crippen LogP contribution in [0.15, 0.2) is 18.2 Å². The molecule has 0 aliphatic carbocycles. The Balaban J connectivity index is 2.43. The van der Waals surface area contributed by atoms with Gasteiger partial charge in [-0.05, 0) is 58.7 Å². The normalized spacial score (nSPS) is 12.3. The van der Waals surface area contributed by atoms with Crippen molar-refractivity contribution in [1.29, 1.82) is 0 Å². The van der Waals surface area contributed by atoms with Crippen LogP contribution in [-0.4, -0.2) is 20.6 Å². The zero-order valence-corrected chi connectivity index (χ0v) is 12.8. The molecule has 0 saturated carbocycles. The molecule has 0 aliphatic heterocycles. The van der Waals surface area contributed by atoms with Crippen LogP contribution in [0.2, 0.25) is 0 Å². The van der Waals surface area contributed by atoms with Crippen molar-refractivity contribution in [1.82, 2.24) is 9.55 Å². The van der Waals surface area contributed by atoms with Gasteiger partial charge in [-0.25, -0.2) is 4.98 Å². The van der Waals surface area contributed by atoms with Gasteiger partial charge in [-0.2, -0.15) is 0 Å². The van der Waals surface area contributed by atoms with E-state index in [9.17, 15) is 9.90 Å². The third-order valence-electron chi connectivity index (χ3n) is 3.67. The van der Waals surface area contributed by atoms with Gasteiger partial charge in [0.05, 0.1) is 16.4 Å². The number of hydrogen-bond acceptors (Lipinski definition) is 2. The molecule has 0 aliphatic rings. The van der Waals surface area contributed by atoms with Crippen molar-refractivity contribution in [2.75, 3.05) is 0 Å². The van der Waals surface area contributed by atoms with Crippen molar-refractivity contribution >= 4 is 17.0 Å². The molecule has 20 heavy (non-hydrogen) atoms.